The van der Waals surface area contributed by atoms with Crippen LogP contribution in [0.2, 0.25) is 0 Å². The SMILES string of the molecule is CC(C)(C)c1ccc(-c2c3cccccc-3c(Br)c2-c2c(Br)c3cccccc-3c2-c2ccc(C(C)(C)C)cc2)cc1. The highest BCUT2D eigenvalue weighted by Gasteiger charge is 2.31. The lowest BCUT2D eigenvalue weighted by molar-refractivity contribution is 0.590. The molecule has 0 saturated carbocycles. The molecule has 0 fully saturated rings. The first-order valence-electron chi connectivity index (χ1n) is 14.6. The van der Waals surface area contributed by atoms with Gasteiger partial charge in [0.05, 0.1) is 0 Å². The Labute approximate surface area is 267 Å². The first kappa shape index (κ1) is 28.9. The summed E-state index contributed by atoms with van der Waals surface area (Å²) < 4.78 is 2.24. The van der Waals surface area contributed by atoms with Crippen molar-refractivity contribution in [1.29, 1.82) is 0 Å². The zero-order chi connectivity index (χ0) is 29.8. The van der Waals surface area contributed by atoms with E-state index < -0.39 is 0 Å². The van der Waals surface area contributed by atoms with Crippen molar-refractivity contribution in [3.8, 4) is 55.6 Å². The molecule has 6 rings (SSSR count). The Morgan fingerprint density at radius 2 is 0.667 bits per heavy atom. The molecule has 0 aromatic heterocycles. The number of halogens is 2. The predicted octanol–water partition coefficient (Wildman–Crippen LogP) is 13.0. The van der Waals surface area contributed by atoms with Gasteiger partial charge in [0.2, 0.25) is 0 Å². The minimum Gasteiger partial charge on any atom is -0.0622 e. The number of rotatable bonds is 3. The molecule has 0 spiro atoms. The molecule has 0 aliphatic heterocycles. The van der Waals surface area contributed by atoms with Crippen LogP contribution in [0.4, 0.5) is 0 Å². The Morgan fingerprint density at radius 1 is 0.357 bits per heavy atom. The highest BCUT2D eigenvalue weighted by Crippen LogP contribution is 2.58. The molecule has 0 atom stereocenters. The van der Waals surface area contributed by atoms with Gasteiger partial charge in [0.25, 0.3) is 0 Å². The number of hydrogen-bond donors (Lipinski definition) is 0. The lowest BCUT2D eigenvalue weighted by Crippen LogP contribution is -2.10. The van der Waals surface area contributed by atoms with Crippen LogP contribution in [0.5, 0.6) is 0 Å². The van der Waals surface area contributed by atoms with Crippen molar-refractivity contribution >= 4 is 31.9 Å². The molecule has 0 N–H and O–H groups in total. The number of hydrogen-bond acceptors (Lipinski definition) is 0. The van der Waals surface area contributed by atoms with E-state index in [1.807, 2.05) is 0 Å². The topological polar surface area (TPSA) is 0 Å². The van der Waals surface area contributed by atoms with Crippen LogP contribution >= 0.6 is 31.9 Å². The molecule has 2 heteroatoms. The average Bonchev–Trinajstić information content (AvgIpc) is 3.16. The first-order chi connectivity index (χ1) is 20.0. The van der Waals surface area contributed by atoms with Crippen LogP contribution in [0, 0.1) is 0 Å². The summed E-state index contributed by atoms with van der Waals surface area (Å²) >= 11 is 8.26. The van der Waals surface area contributed by atoms with Crippen LogP contribution in [0.15, 0.2) is 118 Å². The summed E-state index contributed by atoms with van der Waals surface area (Å²) in [7, 11) is 0. The van der Waals surface area contributed by atoms with Crippen molar-refractivity contribution in [3.05, 3.63) is 129 Å². The summed E-state index contributed by atoms with van der Waals surface area (Å²) in [6.45, 7) is 13.6. The Bertz CT molecular complexity index is 1690. The first-order valence-corrected chi connectivity index (χ1v) is 16.2. The van der Waals surface area contributed by atoms with Gasteiger partial charge in [-0.3, -0.25) is 0 Å². The number of benzene rings is 2. The van der Waals surface area contributed by atoms with E-state index in [0.29, 0.717) is 0 Å². The van der Waals surface area contributed by atoms with Gasteiger partial charge in [-0.1, -0.05) is 151 Å². The second kappa shape index (κ2) is 10.8. The maximum atomic E-state index is 4.13. The largest absolute Gasteiger partial charge is 0.0622 e. The van der Waals surface area contributed by atoms with E-state index in [-0.39, 0.29) is 10.8 Å². The lowest BCUT2D eigenvalue weighted by Gasteiger charge is -2.20. The maximum Gasteiger partial charge on any atom is 0.0339 e. The molecule has 0 nitrogen and oxygen atoms in total. The highest BCUT2D eigenvalue weighted by molar-refractivity contribution is 9.11. The Hall–Kier alpha value is -3.20. The summed E-state index contributed by atoms with van der Waals surface area (Å²) in [5.41, 5.74) is 15.1. The number of fused-ring (bicyclic) bond motifs is 2. The van der Waals surface area contributed by atoms with Crippen molar-refractivity contribution in [2.24, 2.45) is 0 Å². The van der Waals surface area contributed by atoms with Gasteiger partial charge in [-0.2, -0.15) is 0 Å². The quantitative estimate of drug-likeness (QED) is 0.175. The maximum absolute atomic E-state index is 4.13. The summed E-state index contributed by atoms with van der Waals surface area (Å²) in [5.74, 6) is 0. The van der Waals surface area contributed by atoms with Crippen LogP contribution < -0.4 is 0 Å². The second-order valence-corrected chi connectivity index (χ2v) is 14.8. The zero-order valence-corrected chi connectivity index (χ0v) is 28.3. The Kier molecular flexibility index (Phi) is 7.44. The Morgan fingerprint density at radius 3 is 0.976 bits per heavy atom. The van der Waals surface area contributed by atoms with Crippen LogP contribution in [-0.2, 0) is 10.8 Å². The molecule has 0 bridgehead atoms. The van der Waals surface area contributed by atoms with Gasteiger partial charge in [-0.05, 0) is 98.3 Å². The van der Waals surface area contributed by atoms with Crippen LogP contribution in [0.1, 0.15) is 52.7 Å². The monoisotopic (exact) mass is 674 g/mol. The molecule has 2 aromatic carbocycles. The van der Waals surface area contributed by atoms with Gasteiger partial charge in [-0.25, -0.2) is 0 Å². The molecular weight excluding hydrogens is 640 g/mol. The molecule has 0 saturated heterocycles. The van der Waals surface area contributed by atoms with Gasteiger partial charge in [0, 0.05) is 20.1 Å². The van der Waals surface area contributed by atoms with Crippen molar-refractivity contribution < 1.29 is 0 Å². The van der Waals surface area contributed by atoms with E-state index >= 15 is 0 Å². The molecule has 0 heterocycles. The van der Waals surface area contributed by atoms with E-state index in [4.69, 9.17) is 0 Å². The fraction of sp³-hybridized carbons (Fsp3) is 0.200. The molecule has 2 aromatic rings. The van der Waals surface area contributed by atoms with Crippen LogP contribution in [0.3, 0.4) is 0 Å². The van der Waals surface area contributed by atoms with Crippen molar-refractivity contribution in [2.45, 2.75) is 52.4 Å². The smallest absolute Gasteiger partial charge is 0.0339 e. The van der Waals surface area contributed by atoms with Gasteiger partial charge in [-0.15, -0.1) is 0 Å². The van der Waals surface area contributed by atoms with Crippen LogP contribution in [-0.4, -0.2) is 0 Å². The summed E-state index contributed by atoms with van der Waals surface area (Å²) in [6, 6.07) is 40.1. The molecule has 0 amide bonds. The standard InChI is InChI=1S/C40H36Br2/c1-39(2,3)27-21-17-25(18-22-27)33-29-13-9-7-11-15-31(29)37(41)35(33)36-34(26-19-23-28(24-20-26)40(4,5)6)30-14-10-8-12-16-32(30)38(36)42/h7-24H,1-6H3. The van der Waals surface area contributed by atoms with Gasteiger partial charge >= 0.3 is 0 Å². The molecule has 0 radical (unpaired) electrons. The van der Waals surface area contributed by atoms with E-state index in [9.17, 15) is 0 Å². The zero-order valence-electron chi connectivity index (χ0n) is 25.1. The fourth-order valence-corrected chi connectivity index (χ4v) is 7.50. The molecular formula is C40H36Br2. The molecule has 0 unspecified atom stereocenters. The minimum absolute atomic E-state index is 0.0941. The van der Waals surface area contributed by atoms with Gasteiger partial charge in [0.15, 0.2) is 0 Å². The van der Waals surface area contributed by atoms with E-state index in [2.05, 4.69) is 183 Å². The van der Waals surface area contributed by atoms with Gasteiger partial charge < -0.3 is 0 Å². The predicted molar refractivity (Wildman–Crippen MR) is 189 cm³/mol. The normalized spacial score (nSPS) is 12.3. The van der Waals surface area contributed by atoms with Crippen molar-refractivity contribution in [1.82, 2.24) is 0 Å². The summed E-state index contributed by atoms with van der Waals surface area (Å²) in [4.78, 5) is 0. The molecule has 4 aliphatic carbocycles. The van der Waals surface area contributed by atoms with Crippen molar-refractivity contribution in [3.63, 3.8) is 0 Å². The third-order valence-electron chi connectivity index (χ3n) is 8.36. The average molecular weight is 677 g/mol. The highest BCUT2D eigenvalue weighted by atomic mass is 79.9. The summed E-state index contributed by atoms with van der Waals surface area (Å²) in [5, 5.41) is 0. The molecule has 42 heavy (non-hydrogen) atoms. The fourth-order valence-electron chi connectivity index (χ4n) is 6.01. The van der Waals surface area contributed by atoms with Crippen molar-refractivity contribution in [2.75, 3.05) is 0 Å². The lowest BCUT2D eigenvalue weighted by atomic mass is 9.85. The Balaban J connectivity index is 1.72. The molecule has 4 aliphatic rings. The van der Waals surface area contributed by atoms with E-state index in [1.165, 1.54) is 66.8 Å². The molecule has 210 valence electrons. The minimum atomic E-state index is 0.0941. The van der Waals surface area contributed by atoms with Crippen LogP contribution in [0.25, 0.3) is 55.6 Å². The second-order valence-electron chi connectivity index (χ2n) is 13.3. The third-order valence-corrected chi connectivity index (χ3v) is 10.0. The van der Waals surface area contributed by atoms with E-state index in [0.717, 1.165) is 8.95 Å². The summed E-state index contributed by atoms with van der Waals surface area (Å²) in [6.07, 6.45) is 0. The van der Waals surface area contributed by atoms with Gasteiger partial charge in [0.1, 0.15) is 0 Å². The van der Waals surface area contributed by atoms with E-state index in [1.54, 1.807) is 0 Å². The third kappa shape index (κ3) is 5.03.